The number of carbonyl (C=O) groups is 1. The predicted molar refractivity (Wildman–Crippen MR) is 115 cm³/mol. The van der Waals surface area contributed by atoms with Crippen molar-refractivity contribution in [2.45, 2.75) is 45.4 Å². The van der Waals surface area contributed by atoms with Gasteiger partial charge in [0.15, 0.2) is 0 Å². The van der Waals surface area contributed by atoms with Gasteiger partial charge in [-0.05, 0) is 73.6 Å². The first kappa shape index (κ1) is 20.0. The zero-order valence-corrected chi connectivity index (χ0v) is 17.3. The molecule has 156 valence electrons. The lowest BCUT2D eigenvalue weighted by Gasteiger charge is -2.10. The molecule has 2 aromatic carbocycles. The fourth-order valence-electron chi connectivity index (χ4n) is 4.02. The molecule has 1 atom stereocenters. The molecule has 0 unspecified atom stereocenters. The minimum Gasteiger partial charge on any atom is -0.493 e. The Balaban J connectivity index is 1.39. The van der Waals surface area contributed by atoms with Crippen molar-refractivity contribution in [1.29, 1.82) is 0 Å². The molecule has 4 rings (SSSR count). The summed E-state index contributed by atoms with van der Waals surface area (Å²) in [6.07, 6.45) is 2.61. The highest BCUT2D eigenvalue weighted by Crippen LogP contribution is 2.37. The molecule has 0 amide bonds. The van der Waals surface area contributed by atoms with Crippen molar-refractivity contribution < 1.29 is 19.1 Å². The molecule has 0 fully saturated rings. The maximum Gasteiger partial charge on any atom is 0.303 e. The molecule has 1 aliphatic carbocycles. The number of oxazole rings is 1. The van der Waals surface area contributed by atoms with E-state index in [1.54, 1.807) is 0 Å². The first-order chi connectivity index (χ1) is 14.4. The number of hydrogen-bond donors (Lipinski definition) is 2. The van der Waals surface area contributed by atoms with Crippen molar-refractivity contribution in [2.24, 2.45) is 0 Å². The highest BCUT2D eigenvalue weighted by Gasteiger charge is 2.25. The quantitative estimate of drug-likeness (QED) is 0.554. The van der Waals surface area contributed by atoms with Crippen LogP contribution in [0.4, 0.5) is 5.69 Å². The fraction of sp³-hybridized carbons (Fsp3) is 0.333. The lowest BCUT2D eigenvalue weighted by molar-refractivity contribution is -0.137. The average Bonchev–Trinajstić information content (AvgIpc) is 3.27. The second-order valence-corrected chi connectivity index (χ2v) is 7.89. The summed E-state index contributed by atoms with van der Waals surface area (Å²) in [7, 11) is 0. The highest BCUT2D eigenvalue weighted by atomic mass is 16.5. The van der Waals surface area contributed by atoms with Crippen molar-refractivity contribution in [3.8, 4) is 17.2 Å². The number of nitrogen functional groups attached to an aromatic ring is 1. The third kappa shape index (κ3) is 4.17. The molecule has 0 aliphatic heterocycles. The van der Waals surface area contributed by atoms with Gasteiger partial charge in [-0.25, -0.2) is 4.98 Å². The lowest BCUT2D eigenvalue weighted by Crippen LogP contribution is -2.04. The number of nitrogens with zero attached hydrogens (tertiary/aromatic N) is 1. The summed E-state index contributed by atoms with van der Waals surface area (Å²) in [4.78, 5) is 15.6. The van der Waals surface area contributed by atoms with E-state index >= 15 is 0 Å². The maximum absolute atomic E-state index is 11.0. The van der Waals surface area contributed by atoms with E-state index in [9.17, 15) is 4.79 Å². The number of benzene rings is 2. The Kier molecular flexibility index (Phi) is 5.48. The molecule has 6 nitrogen and oxygen atoms in total. The summed E-state index contributed by atoms with van der Waals surface area (Å²) < 4.78 is 11.8. The van der Waals surface area contributed by atoms with Crippen LogP contribution in [0.1, 0.15) is 46.9 Å². The minimum atomic E-state index is -0.746. The van der Waals surface area contributed by atoms with Crippen molar-refractivity contribution in [3.63, 3.8) is 0 Å². The molecule has 6 heteroatoms. The smallest absolute Gasteiger partial charge is 0.303 e. The summed E-state index contributed by atoms with van der Waals surface area (Å²) in [5, 5.41) is 9.06. The molecule has 0 radical (unpaired) electrons. The van der Waals surface area contributed by atoms with Gasteiger partial charge in [-0.1, -0.05) is 12.1 Å². The van der Waals surface area contributed by atoms with Crippen LogP contribution in [0.5, 0.6) is 5.75 Å². The number of rotatable bonds is 7. The Morgan fingerprint density at radius 1 is 1.27 bits per heavy atom. The van der Waals surface area contributed by atoms with Crippen LogP contribution in [0, 0.1) is 13.8 Å². The van der Waals surface area contributed by atoms with Crippen molar-refractivity contribution >= 4 is 11.7 Å². The van der Waals surface area contributed by atoms with E-state index in [2.05, 4.69) is 4.98 Å². The first-order valence-corrected chi connectivity index (χ1v) is 10.2. The number of carboxylic acid groups (broad SMARTS) is 1. The third-order valence-electron chi connectivity index (χ3n) is 5.76. The first-order valence-electron chi connectivity index (χ1n) is 10.2. The molecule has 0 saturated carbocycles. The summed E-state index contributed by atoms with van der Waals surface area (Å²) in [5.74, 6) is 1.51. The Morgan fingerprint density at radius 3 is 2.87 bits per heavy atom. The SMILES string of the molecule is Cc1ccc(-c2nc(CCOc3ccc4c(c3)CC[C@H]4CC(=O)O)c(C)o2)cc1N. The second-order valence-electron chi connectivity index (χ2n) is 7.89. The maximum atomic E-state index is 11.0. The van der Waals surface area contributed by atoms with Gasteiger partial charge in [0, 0.05) is 17.7 Å². The molecule has 1 aliphatic rings. The summed E-state index contributed by atoms with van der Waals surface area (Å²) in [6, 6.07) is 11.8. The number of aromatic nitrogens is 1. The Labute approximate surface area is 175 Å². The van der Waals surface area contributed by atoms with E-state index in [4.69, 9.17) is 20.0 Å². The van der Waals surface area contributed by atoms with Gasteiger partial charge < -0.3 is 20.0 Å². The van der Waals surface area contributed by atoms with Gasteiger partial charge in [-0.15, -0.1) is 0 Å². The molecule has 3 aromatic rings. The predicted octanol–water partition coefficient (Wildman–Crippen LogP) is 4.67. The van der Waals surface area contributed by atoms with Crippen LogP contribution in [-0.4, -0.2) is 22.7 Å². The molecule has 30 heavy (non-hydrogen) atoms. The third-order valence-corrected chi connectivity index (χ3v) is 5.76. The van der Waals surface area contributed by atoms with E-state index in [-0.39, 0.29) is 12.3 Å². The molecule has 3 N–H and O–H groups in total. The Hall–Kier alpha value is -3.28. The number of fused-ring (bicyclic) bond motifs is 1. The molecular formula is C24H26N2O4. The average molecular weight is 406 g/mol. The van der Waals surface area contributed by atoms with E-state index in [0.717, 1.165) is 52.4 Å². The van der Waals surface area contributed by atoms with Gasteiger partial charge >= 0.3 is 5.97 Å². The lowest BCUT2D eigenvalue weighted by atomic mass is 9.98. The fourth-order valence-corrected chi connectivity index (χ4v) is 4.02. The number of aliphatic carboxylic acids is 1. The van der Waals surface area contributed by atoms with Gasteiger partial charge in [0.2, 0.25) is 5.89 Å². The number of aryl methyl sites for hydroxylation is 3. The van der Waals surface area contributed by atoms with Crippen LogP contribution in [0.15, 0.2) is 40.8 Å². The van der Waals surface area contributed by atoms with E-state index in [0.29, 0.717) is 18.9 Å². The van der Waals surface area contributed by atoms with Crippen molar-refractivity contribution in [3.05, 3.63) is 64.5 Å². The molecule has 1 heterocycles. The summed E-state index contributed by atoms with van der Waals surface area (Å²) in [6.45, 7) is 4.36. The number of carboxylic acids is 1. The van der Waals surface area contributed by atoms with Gasteiger partial charge in [-0.3, -0.25) is 4.79 Å². The van der Waals surface area contributed by atoms with Crippen molar-refractivity contribution in [1.82, 2.24) is 4.98 Å². The van der Waals surface area contributed by atoms with Gasteiger partial charge in [0.25, 0.3) is 0 Å². The molecular weight excluding hydrogens is 380 g/mol. The van der Waals surface area contributed by atoms with E-state index in [1.807, 2.05) is 50.2 Å². The highest BCUT2D eigenvalue weighted by molar-refractivity contribution is 5.68. The number of hydrogen-bond acceptors (Lipinski definition) is 5. The number of nitrogens with two attached hydrogens (primary N) is 1. The van der Waals surface area contributed by atoms with Crippen molar-refractivity contribution in [2.75, 3.05) is 12.3 Å². The number of anilines is 1. The normalized spacial score (nSPS) is 15.2. The molecule has 0 saturated heterocycles. The largest absolute Gasteiger partial charge is 0.493 e. The van der Waals surface area contributed by atoms with Crippen LogP contribution < -0.4 is 10.5 Å². The number of ether oxygens (including phenoxy) is 1. The van der Waals surface area contributed by atoms with E-state index < -0.39 is 5.97 Å². The topological polar surface area (TPSA) is 98.6 Å². The molecule has 0 spiro atoms. The standard InChI is InChI=1S/C24H26N2O4/c1-14-3-4-18(12-21(14)25)24-26-22(15(2)30-24)9-10-29-19-7-8-20-16(11-19)5-6-17(20)13-23(27)28/h3-4,7-8,11-12,17H,5-6,9-10,13,25H2,1-2H3,(H,27,28)/t17-/m0/s1. The zero-order chi connectivity index (χ0) is 21.3. The van der Waals surface area contributed by atoms with Gasteiger partial charge in [0.1, 0.15) is 11.5 Å². The van der Waals surface area contributed by atoms with Crippen LogP contribution in [0.2, 0.25) is 0 Å². The van der Waals surface area contributed by atoms with Crippen LogP contribution in [0.25, 0.3) is 11.5 Å². The Bertz CT molecular complexity index is 1090. The second kappa shape index (κ2) is 8.22. The minimum absolute atomic E-state index is 0.110. The zero-order valence-electron chi connectivity index (χ0n) is 17.3. The van der Waals surface area contributed by atoms with Crippen LogP contribution in [0.3, 0.4) is 0 Å². The molecule has 0 bridgehead atoms. The summed E-state index contributed by atoms with van der Waals surface area (Å²) in [5.41, 5.74) is 11.8. The summed E-state index contributed by atoms with van der Waals surface area (Å²) >= 11 is 0. The van der Waals surface area contributed by atoms with Gasteiger partial charge in [0.05, 0.1) is 18.7 Å². The Morgan fingerprint density at radius 2 is 2.10 bits per heavy atom. The molecule has 1 aromatic heterocycles. The van der Waals surface area contributed by atoms with Gasteiger partial charge in [-0.2, -0.15) is 0 Å². The van der Waals surface area contributed by atoms with Crippen LogP contribution in [-0.2, 0) is 17.6 Å². The van der Waals surface area contributed by atoms with Crippen LogP contribution >= 0.6 is 0 Å². The van der Waals surface area contributed by atoms with E-state index in [1.165, 1.54) is 5.56 Å². The monoisotopic (exact) mass is 406 g/mol.